The lowest BCUT2D eigenvalue weighted by Gasteiger charge is -2.14. The molecule has 0 fully saturated rings. The molecule has 0 saturated carbocycles. The van der Waals surface area contributed by atoms with Crippen molar-refractivity contribution in [3.8, 4) is 0 Å². The van der Waals surface area contributed by atoms with Gasteiger partial charge in [-0.1, -0.05) is 13.8 Å². The van der Waals surface area contributed by atoms with Crippen LogP contribution in [-0.2, 0) is 0 Å². The molecule has 0 aliphatic carbocycles. The predicted molar refractivity (Wildman–Crippen MR) is 58.0 cm³/mol. The zero-order valence-electron chi connectivity index (χ0n) is 9.20. The molecule has 0 radical (unpaired) electrons. The predicted octanol–water partition coefficient (Wildman–Crippen LogP) is 2.86. The van der Waals surface area contributed by atoms with Crippen molar-refractivity contribution in [2.24, 2.45) is 5.92 Å². The van der Waals surface area contributed by atoms with E-state index in [0.717, 1.165) is 24.0 Å². The molecule has 14 heavy (non-hydrogen) atoms. The smallest absolute Gasteiger partial charge is 0.0793 e. The Morgan fingerprint density at radius 2 is 2.07 bits per heavy atom. The van der Waals surface area contributed by atoms with Crippen LogP contribution in [-0.4, -0.2) is 10.1 Å². The summed E-state index contributed by atoms with van der Waals surface area (Å²) in [6.45, 7) is 6.33. The van der Waals surface area contributed by atoms with Crippen LogP contribution in [0.1, 0.15) is 43.9 Å². The molecule has 0 bridgehead atoms. The van der Waals surface area contributed by atoms with Crippen LogP contribution in [0.2, 0.25) is 0 Å². The third-order valence-electron chi connectivity index (χ3n) is 2.44. The molecule has 0 saturated heterocycles. The average molecular weight is 193 g/mol. The number of aromatic nitrogens is 1. The van der Waals surface area contributed by atoms with Gasteiger partial charge in [0.2, 0.25) is 0 Å². The summed E-state index contributed by atoms with van der Waals surface area (Å²) in [7, 11) is 0. The van der Waals surface area contributed by atoms with Gasteiger partial charge >= 0.3 is 0 Å². The van der Waals surface area contributed by atoms with Crippen molar-refractivity contribution in [2.45, 2.75) is 39.7 Å². The fourth-order valence-electron chi connectivity index (χ4n) is 1.50. The first-order valence-corrected chi connectivity index (χ1v) is 5.20. The van der Waals surface area contributed by atoms with Gasteiger partial charge < -0.3 is 5.11 Å². The Morgan fingerprint density at radius 1 is 1.36 bits per heavy atom. The van der Waals surface area contributed by atoms with E-state index < -0.39 is 0 Å². The van der Waals surface area contributed by atoms with E-state index in [1.807, 2.05) is 13.0 Å². The zero-order valence-corrected chi connectivity index (χ0v) is 9.20. The Balaban J connectivity index is 2.60. The summed E-state index contributed by atoms with van der Waals surface area (Å²) >= 11 is 0. The first-order chi connectivity index (χ1) is 6.61. The second-order valence-corrected chi connectivity index (χ2v) is 4.22. The fraction of sp³-hybridized carbons (Fsp3) is 0.583. The lowest BCUT2D eigenvalue weighted by atomic mass is 9.98. The van der Waals surface area contributed by atoms with E-state index in [1.54, 1.807) is 12.4 Å². The molecule has 0 aromatic carbocycles. The molecule has 1 heterocycles. The molecule has 1 unspecified atom stereocenters. The topological polar surface area (TPSA) is 33.1 Å². The van der Waals surface area contributed by atoms with Gasteiger partial charge in [0.1, 0.15) is 0 Å². The molecule has 2 heteroatoms. The standard InChI is InChI=1S/C12H19NO/c1-9(2)4-5-12(14)11-6-7-13-8-10(11)3/h6-9,12,14H,4-5H2,1-3H3. The van der Waals surface area contributed by atoms with Crippen LogP contribution >= 0.6 is 0 Å². The van der Waals surface area contributed by atoms with Crippen LogP contribution in [0.25, 0.3) is 0 Å². The summed E-state index contributed by atoms with van der Waals surface area (Å²) in [4.78, 5) is 4.01. The van der Waals surface area contributed by atoms with Crippen molar-refractivity contribution in [3.63, 3.8) is 0 Å². The molecule has 1 N–H and O–H groups in total. The molecule has 0 aliphatic rings. The van der Waals surface area contributed by atoms with Crippen LogP contribution in [0.15, 0.2) is 18.5 Å². The van der Waals surface area contributed by atoms with E-state index in [0.29, 0.717) is 5.92 Å². The minimum atomic E-state index is -0.333. The van der Waals surface area contributed by atoms with Crippen LogP contribution in [0.5, 0.6) is 0 Å². The number of hydrogen-bond donors (Lipinski definition) is 1. The Bertz CT molecular complexity index is 283. The van der Waals surface area contributed by atoms with Crippen molar-refractivity contribution in [1.29, 1.82) is 0 Å². The summed E-state index contributed by atoms with van der Waals surface area (Å²) in [5.74, 6) is 0.645. The van der Waals surface area contributed by atoms with Gasteiger partial charge in [0.15, 0.2) is 0 Å². The highest BCUT2D eigenvalue weighted by Gasteiger charge is 2.10. The largest absolute Gasteiger partial charge is 0.388 e. The molecular formula is C12H19NO. The minimum Gasteiger partial charge on any atom is -0.388 e. The minimum absolute atomic E-state index is 0.333. The maximum absolute atomic E-state index is 9.92. The normalized spacial score (nSPS) is 13.2. The van der Waals surface area contributed by atoms with E-state index >= 15 is 0 Å². The Morgan fingerprint density at radius 3 is 2.64 bits per heavy atom. The highest BCUT2D eigenvalue weighted by Crippen LogP contribution is 2.22. The van der Waals surface area contributed by atoms with E-state index in [1.165, 1.54) is 0 Å². The lowest BCUT2D eigenvalue weighted by molar-refractivity contribution is 0.158. The van der Waals surface area contributed by atoms with Gasteiger partial charge in [-0.25, -0.2) is 0 Å². The molecule has 0 amide bonds. The Hall–Kier alpha value is -0.890. The van der Waals surface area contributed by atoms with Gasteiger partial charge in [-0.15, -0.1) is 0 Å². The summed E-state index contributed by atoms with van der Waals surface area (Å²) in [6, 6.07) is 1.90. The SMILES string of the molecule is Cc1cnccc1C(O)CCC(C)C. The van der Waals surface area contributed by atoms with Gasteiger partial charge in [-0.2, -0.15) is 0 Å². The third-order valence-corrected chi connectivity index (χ3v) is 2.44. The zero-order chi connectivity index (χ0) is 10.6. The molecule has 2 nitrogen and oxygen atoms in total. The molecule has 1 rings (SSSR count). The summed E-state index contributed by atoms with van der Waals surface area (Å²) < 4.78 is 0. The number of aryl methyl sites for hydroxylation is 1. The maximum Gasteiger partial charge on any atom is 0.0793 e. The van der Waals surface area contributed by atoms with E-state index in [4.69, 9.17) is 0 Å². The fourth-order valence-corrected chi connectivity index (χ4v) is 1.50. The highest BCUT2D eigenvalue weighted by molar-refractivity contribution is 5.23. The maximum atomic E-state index is 9.92. The summed E-state index contributed by atoms with van der Waals surface area (Å²) in [5.41, 5.74) is 2.09. The van der Waals surface area contributed by atoms with Crippen molar-refractivity contribution in [3.05, 3.63) is 29.6 Å². The molecule has 1 aromatic heterocycles. The second kappa shape index (κ2) is 5.11. The van der Waals surface area contributed by atoms with Gasteiger partial charge in [0.05, 0.1) is 6.10 Å². The van der Waals surface area contributed by atoms with Crippen molar-refractivity contribution >= 4 is 0 Å². The molecule has 0 aliphatic heterocycles. The lowest BCUT2D eigenvalue weighted by Crippen LogP contribution is -2.02. The highest BCUT2D eigenvalue weighted by atomic mass is 16.3. The van der Waals surface area contributed by atoms with Crippen molar-refractivity contribution < 1.29 is 5.11 Å². The number of aliphatic hydroxyl groups is 1. The quantitative estimate of drug-likeness (QED) is 0.797. The van der Waals surface area contributed by atoms with Crippen LogP contribution in [0, 0.1) is 12.8 Å². The molecular weight excluding hydrogens is 174 g/mol. The molecule has 1 aromatic rings. The average Bonchev–Trinajstić information content (AvgIpc) is 2.15. The first-order valence-electron chi connectivity index (χ1n) is 5.20. The van der Waals surface area contributed by atoms with E-state index in [2.05, 4.69) is 18.8 Å². The number of rotatable bonds is 4. The molecule has 1 atom stereocenters. The van der Waals surface area contributed by atoms with Gasteiger partial charge in [0.25, 0.3) is 0 Å². The summed E-state index contributed by atoms with van der Waals surface area (Å²) in [6.07, 6.45) is 5.10. The Kier molecular flexibility index (Phi) is 4.08. The molecule has 0 spiro atoms. The monoisotopic (exact) mass is 193 g/mol. The third kappa shape index (κ3) is 3.11. The molecule has 78 valence electrons. The number of hydrogen-bond acceptors (Lipinski definition) is 2. The number of nitrogens with zero attached hydrogens (tertiary/aromatic N) is 1. The van der Waals surface area contributed by atoms with Crippen LogP contribution in [0.4, 0.5) is 0 Å². The van der Waals surface area contributed by atoms with Gasteiger partial charge in [-0.3, -0.25) is 4.98 Å². The van der Waals surface area contributed by atoms with E-state index in [9.17, 15) is 5.11 Å². The van der Waals surface area contributed by atoms with Crippen LogP contribution in [0.3, 0.4) is 0 Å². The first kappa shape index (κ1) is 11.2. The van der Waals surface area contributed by atoms with Crippen LogP contribution < -0.4 is 0 Å². The Labute approximate surface area is 86.0 Å². The number of pyridine rings is 1. The van der Waals surface area contributed by atoms with E-state index in [-0.39, 0.29) is 6.10 Å². The second-order valence-electron chi connectivity index (χ2n) is 4.22. The van der Waals surface area contributed by atoms with Crippen molar-refractivity contribution in [1.82, 2.24) is 4.98 Å². The summed E-state index contributed by atoms with van der Waals surface area (Å²) in [5, 5.41) is 9.92. The van der Waals surface area contributed by atoms with Gasteiger partial charge in [0, 0.05) is 12.4 Å². The van der Waals surface area contributed by atoms with Crippen molar-refractivity contribution in [2.75, 3.05) is 0 Å². The number of aliphatic hydroxyl groups excluding tert-OH is 1. The van der Waals surface area contributed by atoms with Gasteiger partial charge in [-0.05, 0) is 42.9 Å².